The monoisotopic (exact) mass is 456 g/mol. The Morgan fingerprint density at radius 1 is 0.812 bits per heavy atom. The van der Waals surface area contributed by atoms with E-state index in [1.807, 2.05) is 0 Å². The number of aliphatic hydroxyl groups excluding tert-OH is 1. The van der Waals surface area contributed by atoms with Gasteiger partial charge in [0.1, 0.15) is 11.5 Å². The fourth-order valence-electron chi connectivity index (χ4n) is 3.47. The fourth-order valence-corrected chi connectivity index (χ4v) is 3.47. The first-order valence-electron chi connectivity index (χ1n) is 9.32. The summed E-state index contributed by atoms with van der Waals surface area (Å²) in [6.07, 6.45) is -9.29. The molecule has 9 heteroatoms. The van der Waals surface area contributed by atoms with E-state index in [2.05, 4.69) is 0 Å². The van der Waals surface area contributed by atoms with Crippen LogP contribution in [0.15, 0.2) is 89.9 Å². The van der Waals surface area contributed by atoms with Crippen LogP contribution in [0.25, 0.3) is 0 Å². The molecule has 0 bridgehead atoms. The summed E-state index contributed by atoms with van der Waals surface area (Å²) < 4.78 is 95.0. The van der Waals surface area contributed by atoms with Crippen LogP contribution in [0, 0.1) is 0 Å². The Bertz CT molecular complexity index is 1020. The lowest BCUT2D eigenvalue weighted by Crippen LogP contribution is -2.55. The Morgan fingerprint density at radius 2 is 1.41 bits per heavy atom. The van der Waals surface area contributed by atoms with Gasteiger partial charge >= 0.3 is 12.4 Å². The van der Waals surface area contributed by atoms with Gasteiger partial charge in [-0.15, -0.1) is 0 Å². The molecular weight excluding hydrogens is 438 g/mol. The first kappa shape index (κ1) is 23.3. The molecule has 0 unspecified atom stereocenters. The summed E-state index contributed by atoms with van der Waals surface area (Å²) in [5.74, 6) is -0.232. The number of rotatable bonds is 5. The van der Waals surface area contributed by atoms with Crippen LogP contribution in [0.3, 0.4) is 0 Å². The van der Waals surface area contributed by atoms with Gasteiger partial charge in [-0.1, -0.05) is 48.6 Å². The number of ether oxygens (including phenoxy) is 2. The standard InChI is InChI=1S/C23H18F6O3/c1-31-18-13-11-17(12-14-18)21(22(24,25)26,23(27,28)29)16-9-7-15(8-10-16)20(30)32-19-5-3-2-4-6-19/h2-7,9-14,30H,8H2,1H3. The van der Waals surface area contributed by atoms with Crippen LogP contribution in [0.4, 0.5) is 26.3 Å². The van der Waals surface area contributed by atoms with Crippen LogP contribution >= 0.6 is 0 Å². The fraction of sp³-hybridized carbons (Fsp3) is 0.217. The molecule has 170 valence electrons. The van der Waals surface area contributed by atoms with Crippen LogP contribution in [0.5, 0.6) is 11.5 Å². The molecule has 0 aromatic heterocycles. The van der Waals surface area contributed by atoms with Gasteiger partial charge in [0.2, 0.25) is 5.41 Å². The minimum absolute atomic E-state index is 0.0329. The van der Waals surface area contributed by atoms with Crippen molar-refractivity contribution < 1.29 is 40.9 Å². The van der Waals surface area contributed by atoms with Gasteiger partial charge in [0, 0.05) is 5.57 Å². The van der Waals surface area contributed by atoms with E-state index in [0.717, 1.165) is 36.4 Å². The molecular formula is C23H18F6O3. The number of hydrogen-bond donors (Lipinski definition) is 1. The van der Waals surface area contributed by atoms with Gasteiger partial charge in [-0.2, -0.15) is 26.3 Å². The summed E-state index contributed by atoms with van der Waals surface area (Å²) >= 11 is 0. The molecule has 1 N–H and O–H groups in total. The van der Waals surface area contributed by atoms with Gasteiger partial charge in [-0.05, 0) is 41.8 Å². The zero-order chi connectivity index (χ0) is 23.6. The van der Waals surface area contributed by atoms with Gasteiger partial charge in [-0.3, -0.25) is 0 Å². The van der Waals surface area contributed by atoms with Gasteiger partial charge < -0.3 is 14.6 Å². The molecule has 3 nitrogen and oxygen atoms in total. The topological polar surface area (TPSA) is 38.7 Å². The van der Waals surface area contributed by atoms with Gasteiger partial charge in [0.05, 0.1) is 7.11 Å². The maximum absolute atomic E-state index is 14.2. The van der Waals surface area contributed by atoms with Crippen LogP contribution in [0.1, 0.15) is 12.0 Å². The quantitative estimate of drug-likeness (QED) is 0.398. The summed E-state index contributed by atoms with van der Waals surface area (Å²) in [4.78, 5) is 0. The molecule has 0 fully saturated rings. The second kappa shape index (κ2) is 8.64. The lowest BCUT2D eigenvalue weighted by atomic mass is 9.70. The van der Waals surface area contributed by atoms with Crippen molar-refractivity contribution in [3.63, 3.8) is 0 Å². The number of allylic oxidation sites excluding steroid dienone is 5. The molecule has 0 atom stereocenters. The molecule has 0 radical (unpaired) electrons. The Morgan fingerprint density at radius 3 is 1.88 bits per heavy atom. The highest BCUT2D eigenvalue weighted by Crippen LogP contribution is 2.57. The zero-order valence-corrected chi connectivity index (χ0v) is 16.7. The molecule has 3 rings (SSSR count). The zero-order valence-electron chi connectivity index (χ0n) is 16.7. The summed E-state index contributed by atoms with van der Waals surface area (Å²) in [5.41, 5.74) is -6.22. The van der Waals surface area contributed by atoms with Crippen LogP contribution in [-0.4, -0.2) is 24.6 Å². The van der Waals surface area contributed by atoms with E-state index in [4.69, 9.17) is 9.47 Å². The number of benzene rings is 2. The number of para-hydroxylation sites is 1. The SMILES string of the molecule is COc1ccc(C(C2=CCC(=C(O)Oc3ccccc3)C=C2)(C(F)(F)F)C(F)(F)F)cc1. The largest absolute Gasteiger partial charge is 0.497 e. The molecule has 0 amide bonds. The summed E-state index contributed by atoms with van der Waals surface area (Å²) in [7, 11) is 1.25. The van der Waals surface area contributed by atoms with Crippen molar-refractivity contribution in [2.45, 2.75) is 24.2 Å². The molecule has 0 saturated carbocycles. The van der Waals surface area contributed by atoms with Crippen molar-refractivity contribution in [3.8, 4) is 11.5 Å². The predicted octanol–water partition coefficient (Wildman–Crippen LogP) is 6.79. The molecule has 2 aromatic carbocycles. The van der Waals surface area contributed by atoms with Crippen molar-refractivity contribution in [2.24, 2.45) is 0 Å². The highest BCUT2D eigenvalue weighted by Gasteiger charge is 2.73. The Kier molecular flexibility index (Phi) is 6.29. The Hall–Kier alpha value is -3.36. The summed E-state index contributed by atoms with van der Waals surface area (Å²) in [6.45, 7) is 0. The highest BCUT2D eigenvalue weighted by atomic mass is 19.4. The molecule has 0 spiro atoms. The van der Waals surface area contributed by atoms with Crippen molar-refractivity contribution in [1.29, 1.82) is 0 Å². The van der Waals surface area contributed by atoms with Gasteiger partial charge in [-0.25, -0.2) is 0 Å². The summed E-state index contributed by atoms with van der Waals surface area (Å²) in [5, 5.41) is 10.1. The lowest BCUT2D eigenvalue weighted by Gasteiger charge is -2.39. The second-order valence-electron chi connectivity index (χ2n) is 6.92. The van der Waals surface area contributed by atoms with E-state index in [1.165, 1.54) is 19.2 Å². The van der Waals surface area contributed by atoms with Crippen molar-refractivity contribution >= 4 is 0 Å². The van der Waals surface area contributed by atoms with Gasteiger partial charge in [0.15, 0.2) is 0 Å². The molecule has 2 aromatic rings. The van der Waals surface area contributed by atoms with Crippen LogP contribution < -0.4 is 9.47 Å². The first-order chi connectivity index (χ1) is 15.0. The van der Waals surface area contributed by atoms with E-state index >= 15 is 0 Å². The van der Waals surface area contributed by atoms with Crippen LogP contribution in [-0.2, 0) is 5.41 Å². The molecule has 1 aliphatic rings. The Labute approximate surface area is 179 Å². The number of methoxy groups -OCH3 is 1. The molecule has 1 aliphatic carbocycles. The Balaban J connectivity index is 2.05. The minimum atomic E-state index is -5.69. The molecule has 0 saturated heterocycles. The number of aliphatic hydroxyl groups is 1. The predicted molar refractivity (Wildman–Crippen MR) is 105 cm³/mol. The molecule has 32 heavy (non-hydrogen) atoms. The average Bonchev–Trinajstić information content (AvgIpc) is 2.74. The summed E-state index contributed by atoms with van der Waals surface area (Å²) in [6, 6.07) is 11.6. The number of hydrogen-bond acceptors (Lipinski definition) is 3. The van der Waals surface area contributed by atoms with E-state index in [0.29, 0.717) is 6.08 Å². The van der Waals surface area contributed by atoms with E-state index in [-0.39, 0.29) is 17.1 Å². The highest BCUT2D eigenvalue weighted by molar-refractivity contribution is 5.51. The van der Waals surface area contributed by atoms with Gasteiger partial charge in [0.25, 0.3) is 5.95 Å². The maximum atomic E-state index is 14.2. The van der Waals surface area contributed by atoms with E-state index < -0.39 is 41.3 Å². The number of halogens is 6. The minimum Gasteiger partial charge on any atom is -0.497 e. The normalized spacial score (nSPS) is 16.4. The number of alkyl halides is 6. The third-order valence-corrected chi connectivity index (χ3v) is 5.04. The maximum Gasteiger partial charge on any atom is 0.411 e. The third kappa shape index (κ3) is 4.19. The average molecular weight is 456 g/mol. The van der Waals surface area contributed by atoms with Crippen molar-refractivity contribution in [3.05, 3.63) is 95.5 Å². The molecule has 0 heterocycles. The first-order valence-corrected chi connectivity index (χ1v) is 9.32. The third-order valence-electron chi connectivity index (χ3n) is 5.04. The lowest BCUT2D eigenvalue weighted by molar-refractivity contribution is -0.289. The van der Waals surface area contributed by atoms with E-state index in [1.54, 1.807) is 18.2 Å². The molecule has 0 aliphatic heterocycles. The second-order valence-corrected chi connectivity index (χ2v) is 6.92. The van der Waals surface area contributed by atoms with E-state index in [9.17, 15) is 31.4 Å². The van der Waals surface area contributed by atoms with Crippen LogP contribution in [0.2, 0.25) is 0 Å². The van der Waals surface area contributed by atoms with Crippen molar-refractivity contribution in [2.75, 3.05) is 7.11 Å². The smallest absolute Gasteiger partial charge is 0.411 e. The van der Waals surface area contributed by atoms with Crippen molar-refractivity contribution in [1.82, 2.24) is 0 Å².